The van der Waals surface area contributed by atoms with Crippen molar-refractivity contribution in [2.24, 2.45) is 46.3 Å². The van der Waals surface area contributed by atoms with Gasteiger partial charge < -0.3 is 14.9 Å². The normalized spacial score (nSPS) is 43.3. The molecule has 2 N–H and O–H groups in total. The van der Waals surface area contributed by atoms with E-state index >= 15 is 0 Å². The van der Waals surface area contributed by atoms with Crippen molar-refractivity contribution >= 4 is 5.97 Å². The number of aliphatic hydroxyl groups excluding tert-OH is 2. The van der Waals surface area contributed by atoms with Crippen molar-refractivity contribution < 1.29 is 19.7 Å². The minimum Gasteiger partial charge on any atom is -0.458 e. The van der Waals surface area contributed by atoms with Crippen LogP contribution in [-0.2, 0) is 9.53 Å². The molecule has 0 saturated heterocycles. The van der Waals surface area contributed by atoms with Gasteiger partial charge in [0.05, 0.1) is 12.7 Å². The van der Waals surface area contributed by atoms with Gasteiger partial charge >= 0.3 is 5.97 Å². The Morgan fingerprint density at radius 3 is 2.55 bits per heavy atom. The van der Waals surface area contributed by atoms with Gasteiger partial charge in [0, 0.05) is 18.3 Å². The molecule has 0 bridgehead atoms. The van der Waals surface area contributed by atoms with Crippen LogP contribution in [0.15, 0.2) is 11.6 Å². The van der Waals surface area contributed by atoms with Crippen LogP contribution < -0.4 is 0 Å². The van der Waals surface area contributed by atoms with Gasteiger partial charge in [0.15, 0.2) is 0 Å². The number of esters is 1. The average Bonchev–Trinajstić information content (AvgIpc) is 3.10. The number of carbonyl (C=O) groups excluding carboxylic acids is 1. The lowest BCUT2D eigenvalue weighted by Gasteiger charge is -2.60. The largest absolute Gasteiger partial charge is 0.458 e. The molecular weight excluding hydrogens is 412 g/mol. The fraction of sp³-hybridized carbons (Fsp3) is 0.897. The molecule has 0 unspecified atom stereocenters. The van der Waals surface area contributed by atoms with Gasteiger partial charge in [0.25, 0.3) is 0 Å². The SMILES string of the molecule is CC(=O)O[C@H]1C=C2C[C@@H](O)CC[C@]2(CO)[C@H]2CC[C@]3(C)[C@@H]([C@H](C)CCCC(C)C)CC[C@H]3[C@H]12. The molecule has 4 aliphatic rings. The molecule has 0 aliphatic heterocycles. The molecule has 0 amide bonds. The van der Waals surface area contributed by atoms with Crippen LogP contribution in [0.1, 0.15) is 98.8 Å². The molecule has 188 valence electrons. The van der Waals surface area contributed by atoms with E-state index in [1.54, 1.807) is 0 Å². The van der Waals surface area contributed by atoms with Crippen molar-refractivity contribution in [2.45, 2.75) is 111 Å². The fourth-order valence-corrected chi connectivity index (χ4v) is 9.04. The number of fused-ring (bicyclic) bond motifs is 5. The highest BCUT2D eigenvalue weighted by molar-refractivity contribution is 5.66. The number of carbonyl (C=O) groups is 1. The maximum Gasteiger partial charge on any atom is 0.303 e. The first-order valence-electron chi connectivity index (χ1n) is 13.8. The third kappa shape index (κ3) is 4.44. The molecule has 9 atom stereocenters. The van der Waals surface area contributed by atoms with E-state index in [4.69, 9.17) is 4.74 Å². The van der Waals surface area contributed by atoms with Gasteiger partial charge in [-0.2, -0.15) is 0 Å². The molecule has 4 heteroatoms. The molecule has 0 aromatic heterocycles. The number of aliphatic hydroxyl groups is 2. The van der Waals surface area contributed by atoms with Crippen LogP contribution in [0.3, 0.4) is 0 Å². The van der Waals surface area contributed by atoms with Crippen molar-refractivity contribution in [2.75, 3.05) is 6.61 Å². The minimum absolute atomic E-state index is 0.151. The van der Waals surface area contributed by atoms with E-state index in [1.807, 2.05) is 0 Å². The molecule has 4 nitrogen and oxygen atoms in total. The second-order valence-electron chi connectivity index (χ2n) is 12.8. The molecule has 0 heterocycles. The fourth-order valence-electron chi connectivity index (χ4n) is 9.04. The van der Waals surface area contributed by atoms with Crippen LogP contribution in [0.25, 0.3) is 0 Å². The molecule has 0 radical (unpaired) electrons. The van der Waals surface area contributed by atoms with Crippen molar-refractivity contribution in [3.8, 4) is 0 Å². The molecule has 4 rings (SSSR count). The first kappa shape index (κ1) is 25.2. The lowest BCUT2D eigenvalue weighted by atomic mass is 9.46. The number of ether oxygens (including phenoxy) is 1. The first-order valence-corrected chi connectivity index (χ1v) is 13.8. The van der Waals surface area contributed by atoms with E-state index < -0.39 is 0 Å². The monoisotopic (exact) mass is 460 g/mol. The van der Waals surface area contributed by atoms with Crippen molar-refractivity contribution in [3.63, 3.8) is 0 Å². The van der Waals surface area contributed by atoms with Gasteiger partial charge in [0.1, 0.15) is 6.10 Å². The molecular formula is C29H48O4. The van der Waals surface area contributed by atoms with E-state index in [2.05, 4.69) is 33.8 Å². The minimum atomic E-state index is -0.346. The summed E-state index contributed by atoms with van der Waals surface area (Å²) in [5.41, 5.74) is 1.20. The van der Waals surface area contributed by atoms with Crippen LogP contribution >= 0.6 is 0 Å². The van der Waals surface area contributed by atoms with Gasteiger partial charge in [-0.3, -0.25) is 4.79 Å². The zero-order valence-electron chi connectivity index (χ0n) is 21.7. The first-order chi connectivity index (χ1) is 15.6. The second-order valence-corrected chi connectivity index (χ2v) is 12.8. The van der Waals surface area contributed by atoms with Gasteiger partial charge in [-0.05, 0) is 86.0 Å². The Balaban J connectivity index is 1.63. The number of hydrogen-bond acceptors (Lipinski definition) is 4. The summed E-state index contributed by atoms with van der Waals surface area (Å²) in [6.45, 7) is 11.3. The van der Waals surface area contributed by atoms with Crippen LogP contribution in [0, 0.1) is 46.3 Å². The Kier molecular flexibility index (Phi) is 7.37. The zero-order valence-corrected chi connectivity index (χ0v) is 21.7. The van der Waals surface area contributed by atoms with Crippen molar-refractivity contribution in [1.82, 2.24) is 0 Å². The Hall–Kier alpha value is -0.870. The summed E-state index contributed by atoms with van der Waals surface area (Å²) in [6, 6.07) is 0. The summed E-state index contributed by atoms with van der Waals surface area (Å²) in [5, 5.41) is 21.1. The topological polar surface area (TPSA) is 66.8 Å². The Bertz CT molecular complexity index is 744. The zero-order chi connectivity index (χ0) is 24.0. The highest BCUT2D eigenvalue weighted by Crippen LogP contribution is 2.67. The Morgan fingerprint density at radius 1 is 1.12 bits per heavy atom. The third-order valence-corrected chi connectivity index (χ3v) is 10.6. The van der Waals surface area contributed by atoms with Gasteiger partial charge in [-0.1, -0.05) is 52.5 Å². The van der Waals surface area contributed by atoms with Crippen LogP contribution in [0.5, 0.6) is 0 Å². The highest BCUT2D eigenvalue weighted by atomic mass is 16.5. The van der Waals surface area contributed by atoms with E-state index in [-0.39, 0.29) is 41.5 Å². The quantitative estimate of drug-likeness (QED) is 0.366. The van der Waals surface area contributed by atoms with Crippen molar-refractivity contribution in [3.05, 3.63) is 11.6 Å². The molecule has 3 fully saturated rings. The summed E-state index contributed by atoms with van der Waals surface area (Å²) in [5.74, 6) is 3.18. The van der Waals surface area contributed by atoms with E-state index in [0.29, 0.717) is 18.3 Å². The summed E-state index contributed by atoms with van der Waals surface area (Å²) < 4.78 is 6.00. The lowest BCUT2D eigenvalue weighted by Crippen LogP contribution is -2.57. The van der Waals surface area contributed by atoms with Gasteiger partial charge in [-0.15, -0.1) is 0 Å². The predicted octanol–water partition coefficient (Wildman–Crippen LogP) is 5.90. The number of hydrogen-bond donors (Lipinski definition) is 2. The van der Waals surface area contributed by atoms with Crippen LogP contribution in [-0.4, -0.2) is 35.0 Å². The summed E-state index contributed by atoms with van der Waals surface area (Å²) in [7, 11) is 0. The van der Waals surface area contributed by atoms with E-state index in [1.165, 1.54) is 45.4 Å². The van der Waals surface area contributed by atoms with E-state index in [9.17, 15) is 15.0 Å². The smallest absolute Gasteiger partial charge is 0.303 e. The van der Waals surface area contributed by atoms with Crippen LogP contribution in [0.2, 0.25) is 0 Å². The van der Waals surface area contributed by atoms with Crippen LogP contribution in [0.4, 0.5) is 0 Å². The molecule has 33 heavy (non-hydrogen) atoms. The highest BCUT2D eigenvalue weighted by Gasteiger charge is 2.62. The maximum absolute atomic E-state index is 12.1. The van der Waals surface area contributed by atoms with Crippen molar-refractivity contribution in [1.29, 1.82) is 0 Å². The Morgan fingerprint density at radius 2 is 1.88 bits per heavy atom. The Labute approximate surface area is 201 Å². The average molecular weight is 461 g/mol. The third-order valence-electron chi connectivity index (χ3n) is 10.6. The maximum atomic E-state index is 12.1. The summed E-state index contributed by atoms with van der Waals surface area (Å²) in [6.07, 6.45) is 12.6. The number of rotatable bonds is 7. The van der Waals surface area contributed by atoms with Gasteiger partial charge in [-0.25, -0.2) is 0 Å². The molecule has 3 saturated carbocycles. The summed E-state index contributed by atoms with van der Waals surface area (Å²) in [4.78, 5) is 12.1. The van der Waals surface area contributed by atoms with Gasteiger partial charge in [0.2, 0.25) is 0 Å². The molecule has 0 aromatic rings. The second kappa shape index (κ2) is 9.64. The molecule has 4 aliphatic carbocycles. The lowest BCUT2D eigenvalue weighted by molar-refractivity contribution is -0.161. The van der Waals surface area contributed by atoms with E-state index in [0.717, 1.165) is 42.6 Å². The molecule has 0 aromatic carbocycles. The standard InChI is InChI=1S/C29H48O4/c1-18(2)7-6-8-19(3)23-9-10-24-27-25(12-13-28(23,24)5)29(17-30)14-11-22(32)15-21(29)16-26(27)33-20(4)31/h16,18-19,22-27,30,32H,6-15,17H2,1-5H3/t19-,22+,23-,24+,25+,26+,27+,28-,29-/m1/s1. The predicted molar refractivity (Wildman–Crippen MR) is 131 cm³/mol. The molecule has 0 spiro atoms. The summed E-state index contributed by atoms with van der Waals surface area (Å²) >= 11 is 0.